The van der Waals surface area contributed by atoms with E-state index in [-0.39, 0.29) is 0 Å². The Morgan fingerprint density at radius 2 is 2.10 bits per heavy atom. The predicted molar refractivity (Wildman–Crippen MR) is 87.1 cm³/mol. The lowest BCUT2D eigenvalue weighted by Crippen LogP contribution is -2.47. The molecular weight excluding hydrogens is 334 g/mol. The first kappa shape index (κ1) is 17.5. The van der Waals surface area contributed by atoms with E-state index in [1.54, 1.807) is 12.3 Å². The second-order valence-electron chi connectivity index (χ2n) is 5.97. The SMILES string of the molecule is C=C(/C=C(\C)Br)C(C)(NC(=O)OC(C)(C)C)c1cc[nH]n1. The smallest absolute Gasteiger partial charge is 0.408 e. The molecule has 116 valence electrons. The fourth-order valence-corrected chi connectivity index (χ4v) is 2.02. The van der Waals surface area contributed by atoms with E-state index in [0.29, 0.717) is 11.3 Å². The van der Waals surface area contributed by atoms with Gasteiger partial charge in [0.1, 0.15) is 11.1 Å². The summed E-state index contributed by atoms with van der Waals surface area (Å²) in [6, 6.07) is 1.79. The van der Waals surface area contributed by atoms with Crippen molar-refractivity contribution in [3.63, 3.8) is 0 Å². The van der Waals surface area contributed by atoms with Crippen molar-refractivity contribution >= 4 is 22.0 Å². The molecule has 6 heteroatoms. The quantitative estimate of drug-likeness (QED) is 0.802. The van der Waals surface area contributed by atoms with Crippen molar-refractivity contribution in [1.82, 2.24) is 15.5 Å². The first-order valence-corrected chi connectivity index (χ1v) is 7.38. The number of H-pyrrole nitrogens is 1. The third-order valence-electron chi connectivity index (χ3n) is 2.78. The number of amides is 1. The summed E-state index contributed by atoms with van der Waals surface area (Å²) in [7, 11) is 0. The Hall–Kier alpha value is -1.56. The molecule has 0 aliphatic rings. The first-order chi connectivity index (χ1) is 9.54. The number of aromatic amines is 1. The van der Waals surface area contributed by atoms with Gasteiger partial charge in [0.15, 0.2) is 0 Å². The minimum Gasteiger partial charge on any atom is -0.444 e. The van der Waals surface area contributed by atoms with Crippen LogP contribution in [0, 0.1) is 0 Å². The maximum atomic E-state index is 12.1. The molecule has 0 aliphatic carbocycles. The van der Waals surface area contributed by atoms with Crippen LogP contribution in [0.2, 0.25) is 0 Å². The van der Waals surface area contributed by atoms with Crippen molar-refractivity contribution in [2.75, 3.05) is 0 Å². The van der Waals surface area contributed by atoms with Crippen molar-refractivity contribution in [2.45, 2.75) is 45.8 Å². The molecule has 0 saturated carbocycles. The van der Waals surface area contributed by atoms with Crippen LogP contribution in [0.15, 0.2) is 35.0 Å². The summed E-state index contributed by atoms with van der Waals surface area (Å²) < 4.78 is 6.23. The number of carbonyl (C=O) groups is 1. The van der Waals surface area contributed by atoms with E-state index >= 15 is 0 Å². The minimum atomic E-state index is -0.864. The Labute approximate surface area is 134 Å². The minimum absolute atomic E-state index is 0.519. The van der Waals surface area contributed by atoms with Crippen LogP contribution in [0.3, 0.4) is 0 Å². The second-order valence-corrected chi connectivity index (χ2v) is 7.22. The van der Waals surface area contributed by atoms with Gasteiger partial charge in [-0.05, 0) is 56.8 Å². The summed E-state index contributed by atoms with van der Waals surface area (Å²) in [5.74, 6) is 0. The van der Waals surface area contributed by atoms with Gasteiger partial charge in [-0.3, -0.25) is 5.10 Å². The van der Waals surface area contributed by atoms with Gasteiger partial charge >= 0.3 is 6.09 Å². The van der Waals surface area contributed by atoms with Gasteiger partial charge in [0.05, 0.1) is 5.69 Å². The largest absolute Gasteiger partial charge is 0.444 e. The number of aromatic nitrogens is 2. The van der Waals surface area contributed by atoms with Crippen molar-refractivity contribution in [3.8, 4) is 0 Å². The van der Waals surface area contributed by atoms with E-state index in [2.05, 4.69) is 38.0 Å². The summed E-state index contributed by atoms with van der Waals surface area (Å²) in [4.78, 5) is 12.1. The summed E-state index contributed by atoms with van der Waals surface area (Å²) in [6.45, 7) is 13.2. The van der Waals surface area contributed by atoms with E-state index in [0.717, 1.165) is 4.48 Å². The Morgan fingerprint density at radius 3 is 2.52 bits per heavy atom. The summed E-state index contributed by atoms with van der Waals surface area (Å²) in [5.41, 5.74) is -0.0885. The van der Waals surface area contributed by atoms with Gasteiger partial charge < -0.3 is 10.1 Å². The number of carbonyl (C=O) groups excluding carboxylic acids is 1. The van der Waals surface area contributed by atoms with E-state index in [9.17, 15) is 4.79 Å². The number of alkyl carbamates (subject to hydrolysis) is 1. The number of allylic oxidation sites excluding steroid dienone is 1. The molecule has 0 aromatic carbocycles. The molecule has 1 aromatic rings. The monoisotopic (exact) mass is 355 g/mol. The normalized spacial score (nSPS) is 15.2. The van der Waals surface area contributed by atoms with Crippen LogP contribution in [-0.4, -0.2) is 21.9 Å². The molecule has 1 unspecified atom stereocenters. The third-order valence-corrected chi connectivity index (χ3v) is 3.01. The standard InChI is InChI=1S/C15H22BrN3O2/c1-10(9-11(2)16)15(6,12-7-8-17-19-12)18-13(20)21-14(3,4)5/h7-9H,1H2,2-6H3,(H,17,19)(H,18,20)/b11-9+. The predicted octanol–water partition coefficient (Wildman–Crippen LogP) is 4.00. The van der Waals surface area contributed by atoms with Gasteiger partial charge in [-0.2, -0.15) is 5.10 Å². The van der Waals surface area contributed by atoms with Gasteiger partial charge in [-0.1, -0.05) is 22.5 Å². The molecule has 5 nitrogen and oxygen atoms in total. The molecule has 1 atom stereocenters. The Kier molecular flexibility index (Phi) is 5.39. The van der Waals surface area contributed by atoms with Gasteiger partial charge in [0, 0.05) is 6.20 Å². The highest BCUT2D eigenvalue weighted by atomic mass is 79.9. The number of nitrogens with zero attached hydrogens (tertiary/aromatic N) is 1. The molecule has 1 amide bonds. The van der Waals surface area contributed by atoms with Crippen molar-refractivity contribution in [2.24, 2.45) is 0 Å². The highest BCUT2D eigenvalue weighted by Crippen LogP contribution is 2.29. The maximum absolute atomic E-state index is 12.1. The second kappa shape index (κ2) is 6.47. The van der Waals surface area contributed by atoms with E-state index in [4.69, 9.17) is 4.74 Å². The zero-order valence-corrected chi connectivity index (χ0v) is 14.7. The average molecular weight is 356 g/mol. The number of nitrogens with one attached hydrogen (secondary N) is 2. The molecule has 1 rings (SSSR count). The highest BCUT2D eigenvalue weighted by molar-refractivity contribution is 9.11. The van der Waals surface area contributed by atoms with Gasteiger partial charge in [-0.15, -0.1) is 0 Å². The molecule has 21 heavy (non-hydrogen) atoms. The summed E-state index contributed by atoms with van der Waals surface area (Å²) in [5, 5.41) is 9.76. The van der Waals surface area contributed by atoms with Crippen LogP contribution in [0.1, 0.15) is 40.3 Å². The molecule has 1 aromatic heterocycles. The van der Waals surface area contributed by atoms with Gasteiger partial charge in [-0.25, -0.2) is 4.79 Å². The number of rotatable bonds is 4. The van der Waals surface area contributed by atoms with Crippen LogP contribution in [0.4, 0.5) is 4.79 Å². The van der Waals surface area contributed by atoms with Gasteiger partial charge in [0.2, 0.25) is 0 Å². The lowest BCUT2D eigenvalue weighted by molar-refractivity contribution is 0.0477. The highest BCUT2D eigenvalue weighted by Gasteiger charge is 2.34. The zero-order valence-electron chi connectivity index (χ0n) is 13.1. The van der Waals surface area contributed by atoms with E-state index in [1.807, 2.05) is 40.7 Å². The molecule has 0 bridgehead atoms. The third kappa shape index (κ3) is 5.04. The van der Waals surface area contributed by atoms with E-state index < -0.39 is 17.2 Å². The molecule has 1 heterocycles. The summed E-state index contributed by atoms with van der Waals surface area (Å²) in [6.07, 6.45) is 3.02. The lowest BCUT2D eigenvalue weighted by atomic mass is 9.89. The van der Waals surface area contributed by atoms with Crippen LogP contribution < -0.4 is 5.32 Å². The molecular formula is C15H22BrN3O2. The Balaban J connectivity index is 3.07. The maximum Gasteiger partial charge on any atom is 0.408 e. The first-order valence-electron chi connectivity index (χ1n) is 6.59. The lowest BCUT2D eigenvalue weighted by Gasteiger charge is -2.31. The van der Waals surface area contributed by atoms with Crippen LogP contribution in [0.5, 0.6) is 0 Å². The molecule has 0 fully saturated rings. The number of hydrogen-bond donors (Lipinski definition) is 2. The number of halogens is 1. The van der Waals surface area contributed by atoms with Crippen LogP contribution in [0.25, 0.3) is 0 Å². The molecule has 0 aliphatic heterocycles. The number of ether oxygens (including phenoxy) is 1. The van der Waals surface area contributed by atoms with Crippen molar-refractivity contribution in [3.05, 3.63) is 40.7 Å². The van der Waals surface area contributed by atoms with Gasteiger partial charge in [0.25, 0.3) is 0 Å². The molecule has 0 saturated heterocycles. The summed E-state index contributed by atoms with van der Waals surface area (Å²) >= 11 is 3.37. The Morgan fingerprint density at radius 1 is 1.48 bits per heavy atom. The molecule has 2 N–H and O–H groups in total. The van der Waals surface area contributed by atoms with E-state index in [1.165, 1.54) is 0 Å². The topological polar surface area (TPSA) is 67.0 Å². The van der Waals surface area contributed by atoms with Crippen molar-refractivity contribution in [1.29, 1.82) is 0 Å². The van der Waals surface area contributed by atoms with Crippen molar-refractivity contribution < 1.29 is 9.53 Å². The number of hydrogen-bond acceptors (Lipinski definition) is 3. The molecule has 0 spiro atoms. The van der Waals surface area contributed by atoms with Crippen LogP contribution >= 0.6 is 15.9 Å². The average Bonchev–Trinajstić information content (AvgIpc) is 2.78. The zero-order chi connectivity index (χ0) is 16.3. The Bertz CT molecular complexity index is 540. The fourth-order valence-electron chi connectivity index (χ4n) is 1.74. The van der Waals surface area contributed by atoms with Crippen LogP contribution in [-0.2, 0) is 10.3 Å². The fraction of sp³-hybridized carbons (Fsp3) is 0.467. The molecule has 0 radical (unpaired) electrons.